The summed E-state index contributed by atoms with van der Waals surface area (Å²) in [6.07, 6.45) is 8.23. The summed E-state index contributed by atoms with van der Waals surface area (Å²) in [5, 5.41) is 0. The Balaban J connectivity index is 1.98. The molecule has 1 saturated heterocycles. The van der Waals surface area contributed by atoms with Crippen LogP contribution in [0.1, 0.15) is 52.4 Å². The van der Waals surface area contributed by atoms with Crippen LogP contribution in [-0.2, 0) is 9.59 Å². The number of fused-ring (bicyclic) bond motifs is 1. The summed E-state index contributed by atoms with van der Waals surface area (Å²) >= 11 is 0. The standard InChI is InChI=1S/C20H31N4O3/c1-5-12-24-16(19(26)23(6-2)14-10-8-7-9-11-14)13-15-17(24)21(3)20(27)22(4)18(15)25/h13-15H,5-12H2,1-4H3/q+1. The minimum atomic E-state index is -0.562. The first-order valence-electron chi connectivity index (χ1n) is 10.1. The van der Waals surface area contributed by atoms with Crippen LogP contribution < -0.4 is 0 Å². The van der Waals surface area contributed by atoms with Gasteiger partial charge in [0.25, 0.3) is 17.6 Å². The van der Waals surface area contributed by atoms with Gasteiger partial charge in [-0.05, 0) is 32.3 Å². The van der Waals surface area contributed by atoms with Crippen LogP contribution >= 0.6 is 0 Å². The van der Waals surface area contributed by atoms with Gasteiger partial charge < -0.3 is 4.90 Å². The van der Waals surface area contributed by atoms with Gasteiger partial charge >= 0.3 is 6.03 Å². The average Bonchev–Trinajstić information content (AvgIpc) is 3.06. The fourth-order valence-electron chi connectivity index (χ4n) is 4.56. The molecule has 1 unspecified atom stereocenters. The minimum absolute atomic E-state index is 0.0175. The largest absolute Gasteiger partial charge is 0.417 e. The summed E-state index contributed by atoms with van der Waals surface area (Å²) in [5.41, 5.74) is 0.549. The average molecular weight is 375 g/mol. The van der Waals surface area contributed by atoms with Gasteiger partial charge in [0.05, 0.1) is 13.6 Å². The Morgan fingerprint density at radius 1 is 1.15 bits per heavy atom. The first-order valence-corrected chi connectivity index (χ1v) is 10.1. The zero-order valence-corrected chi connectivity index (χ0v) is 16.9. The second-order valence-electron chi connectivity index (χ2n) is 7.66. The second kappa shape index (κ2) is 7.82. The van der Waals surface area contributed by atoms with Crippen LogP contribution in [0.25, 0.3) is 0 Å². The van der Waals surface area contributed by atoms with E-state index in [-0.39, 0.29) is 23.9 Å². The summed E-state index contributed by atoms with van der Waals surface area (Å²) in [7, 11) is 3.17. The van der Waals surface area contributed by atoms with E-state index in [0.29, 0.717) is 24.6 Å². The van der Waals surface area contributed by atoms with Crippen molar-refractivity contribution in [2.24, 2.45) is 5.92 Å². The smallest absolute Gasteiger partial charge is 0.333 e. The molecule has 0 radical (unpaired) electrons. The zero-order valence-electron chi connectivity index (χ0n) is 16.9. The highest BCUT2D eigenvalue weighted by Crippen LogP contribution is 2.29. The molecule has 3 aliphatic rings. The van der Waals surface area contributed by atoms with Gasteiger partial charge in [0.1, 0.15) is 0 Å². The Morgan fingerprint density at radius 3 is 2.41 bits per heavy atom. The van der Waals surface area contributed by atoms with E-state index in [1.54, 1.807) is 13.1 Å². The molecule has 1 atom stereocenters. The number of urea groups is 1. The predicted molar refractivity (Wildman–Crippen MR) is 102 cm³/mol. The molecule has 2 aliphatic heterocycles. The summed E-state index contributed by atoms with van der Waals surface area (Å²) in [6, 6.07) is -0.0833. The fraction of sp³-hybridized carbons (Fsp3) is 0.700. The Kier molecular flexibility index (Phi) is 5.67. The topological polar surface area (TPSA) is 63.9 Å². The molecular weight excluding hydrogens is 344 g/mol. The first kappa shape index (κ1) is 19.6. The molecule has 148 valence electrons. The van der Waals surface area contributed by atoms with Gasteiger partial charge in [0.15, 0.2) is 11.6 Å². The molecule has 0 aromatic rings. The van der Waals surface area contributed by atoms with Crippen molar-refractivity contribution in [3.63, 3.8) is 0 Å². The van der Waals surface area contributed by atoms with Crippen LogP contribution in [0.3, 0.4) is 0 Å². The molecule has 27 heavy (non-hydrogen) atoms. The van der Waals surface area contributed by atoms with Crippen LogP contribution in [0.2, 0.25) is 0 Å². The number of amidine groups is 1. The van der Waals surface area contributed by atoms with Crippen molar-refractivity contribution in [3.8, 4) is 0 Å². The zero-order chi connectivity index (χ0) is 19.7. The quantitative estimate of drug-likeness (QED) is 0.691. The van der Waals surface area contributed by atoms with E-state index < -0.39 is 5.92 Å². The molecule has 0 N–H and O–H groups in total. The molecular formula is C20H31N4O3+. The van der Waals surface area contributed by atoms with Gasteiger partial charge in [0, 0.05) is 19.6 Å². The van der Waals surface area contributed by atoms with Crippen molar-refractivity contribution in [2.45, 2.75) is 58.4 Å². The van der Waals surface area contributed by atoms with Gasteiger partial charge in [0.2, 0.25) is 0 Å². The first-order chi connectivity index (χ1) is 12.9. The summed E-state index contributed by atoms with van der Waals surface area (Å²) in [5.74, 6) is -0.227. The SMILES string of the molecule is CCC[N+]1=C2C(C=C1C(=O)N(CC)C1CCCCC1)C(=O)N(C)C(=O)N2C. The number of carbonyl (C=O) groups is 3. The number of imide groups is 1. The van der Waals surface area contributed by atoms with E-state index >= 15 is 0 Å². The van der Waals surface area contributed by atoms with E-state index in [4.69, 9.17) is 0 Å². The van der Waals surface area contributed by atoms with E-state index in [9.17, 15) is 14.4 Å². The number of rotatable bonds is 5. The fourth-order valence-corrected chi connectivity index (χ4v) is 4.56. The van der Waals surface area contributed by atoms with E-state index in [1.807, 2.05) is 23.3 Å². The molecule has 2 fully saturated rings. The Morgan fingerprint density at radius 2 is 1.81 bits per heavy atom. The molecule has 7 nitrogen and oxygen atoms in total. The number of nitrogens with zero attached hydrogens (tertiary/aromatic N) is 4. The van der Waals surface area contributed by atoms with Gasteiger partial charge in [-0.2, -0.15) is 4.90 Å². The lowest BCUT2D eigenvalue weighted by atomic mass is 9.94. The maximum atomic E-state index is 13.5. The molecule has 4 amide bonds. The van der Waals surface area contributed by atoms with Gasteiger partial charge in [-0.15, -0.1) is 0 Å². The van der Waals surface area contributed by atoms with E-state index in [0.717, 1.165) is 37.0 Å². The Bertz CT molecular complexity index is 706. The number of hydrogen-bond acceptors (Lipinski definition) is 3. The summed E-state index contributed by atoms with van der Waals surface area (Å²) in [6.45, 7) is 5.32. The van der Waals surface area contributed by atoms with Crippen LogP contribution in [0.4, 0.5) is 4.79 Å². The maximum Gasteiger partial charge on any atom is 0.417 e. The van der Waals surface area contributed by atoms with Crippen molar-refractivity contribution in [2.75, 3.05) is 27.2 Å². The van der Waals surface area contributed by atoms with E-state index in [2.05, 4.69) is 0 Å². The third-order valence-corrected chi connectivity index (χ3v) is 5.97. The molecule has 2 heterocycles. The summed E-state index contributed by atoms with van der Waals surface area (Å²) < 4.78 is 1.89. The summed E-state index contributed by atoms with van der Waals surface area (Å²) in [4.78, 5) is 43.2. The highest BCUT2D eigenvalue weighted by Gasteiger charge is 2.52. The van der Waals surface area contributed by atoms with Gasteiger partial charge in [-0.25, -0.2) is 14.3 Å². The van der Waals surface area contributed by atoms with Crippen molar-refractivity contribution in [3.05, 3.63) is 11.8 Å². The molecule has 7 heteroatoms. The van der Waals surface area contributed by atoms with Gasteiger partial charge in [-0.3, -0.25) is 9.59 Å². The molecule has 1 aliphatic carbocycles. The maximum absolute atomic E-state index is 13.5. The number of amides is 4. The normalized spacial score (nSPS) is 23.7. The van der Waals surface area contributed by atoms with Crippen LogP contribution in [0.15, 0.2) is 11.8 Å². The van der Waals surface area contributed by atoms with Crippen LogP contribution in [0.5, 0.6) is 0 Å². The third-order valence-electron chi connectivity index (χ3n) is 5.97. The monoisotopic (exact) mass is 375 g/mol. The molecule has 0 bridgehead atoms. The van der Waals surface area contributed by atoms with Crippen molar-refractivity contribution >= 4 is 23.7 Å². The van der Waals surface area contributed by atoms with Crippen molar-refractivity contribution in [1.29, 1.82) is 0 Å². The Labute approximate surface area is 161 Å². The van der Waals surface area contributed by atoms with Crippen LogP contribution in [0, 0.1) is 5.92 Å². The molecule has 0 aromatic heterocycles. The highest BCUT2D eigenvalue weighted by molar-refractivity contribution is 6.19. The lowest BCUT2D eigenvalue weighted by Gasteiger charge is -2.33. The van der Waals surface area contributed by atoms with Crippen molar-refractivity contribution in [1.82, 2.24) is 14.7 Å². The lowest BCUT2D eigenvalue weighted by molar-refractivity contribution is -0.474. The Hall–Kier alpha value is -2.18. The molecule has 1 saturated carbocycles. The highest BCUT2D eigenvalue weighted by atomic mass is 16.2. The lowest BCUT2D eigenvalue weighted by Crippen LogP contribution is -2.57. The third kappa shape index (κ3) is 3.28. The molecule has 0 spiro atoms. The van der Waals surface area contributed by atoms with Gasteiger partial charge in [-0.1, -0.05) is 26.2 Å². The van der Waals surface area contributed by atoms with Crippen LogP contribution in [-0.4, -0.2) is 76.2 Å². The number of hydrogen-bond donors (Lipinski definition) is 0. The molecule has 3 rings (SSSR count). The predicted octanol–water partition coefficient (Wildman–Crippen LogP) is 2.03. The van der Waals surface area contributed by atoms with Crippen molar-refractivity contribution < 1.29 is 19.0 Å². The number of likely N-dealkylation sites (N-methyl/N-ethyl adjacent to an activating group) is 1. The molecule has 0 aromatic carbocycles. The minimum Gasteiger partial charge on any atom is -0.333 e. The number of carbonyl (C=O) groups excluding carboxylic acids is 3. The second-order valence-corrected chi connectivity index (χ2v) is 7.66. The van der Waals surface area contributed by atoms with E-state index in [1.165, 1.54) is 18.4 Å².